The number of benzene rings is 2. The third-order valence-corrected chi connectivity index (χ3v) is 8.56. The highest BCUT2D eigenvalue weighted by Crippen LogP contribution is 2.45. The quantitative estimate of drug-likeness (QED) is 0.372. The first-order chi connectivity index (χ1) is 19.5. The summed E-state index contributed by atoms with van der Waals surface area (Å²) in [5.74, 6) is -0.992. The molecule has 0 spiro atoms. The van der Waals surface area contributed by atoms with Crippen molar-refractivity contribution in [2.24, 2.45) is 0 Å². The number of anilines is 1. The molecule has 1 heterocycles. The zero-order chi connectivity index (χ0) is 29.7. The standard InChI is InChI=1S/C30H36F3N3O4S/c1-19(2)36(22-12-8-5-9-13-22)28(38)23-16-25-26(17-24(23)30(31,32)33)41-20(3)27(37)35(25)15-14-34-29(39)40-18-21-10-6-4-7-11-21/h4,6-7,10-11,16-17,19-20,22H,5,8-9,12-15,18H2,1-3H3,(H,34,39). The van der Waals surface area contributed by atoms with Crippen LogP contribution in [0.15, 0.2) is 47.4 Å². The molecule has 0 saturated heterocycles. The molecule has 4 rings (SSSR count). The van der Waals surface area contributed by atoms with Gasteiger partial charge in [0.05, 0.1) is 22.1 Å². The SMILES string of the molecule is CC1Sc2cc(C(F)(F)F)c(C(=O)N(C(C)C)C3CCCCC3)cc2N(CCNC(=O)OCc2ccccc2)C1=O. The van der Waals surface area contributed by atoms with Crippen molar-refractivity contribution in [3.63, 3.8) is 0 Å². The monoisotopic (exact) mass is 591 g/mol. The van der Waals surface area contributed by atoms with Crippen LogP contribution in [0.2, 0.25) is 0 Å². The third-order valence-electron chi connectivity index (χ3n) is 7.42. The number of rotatable bonds is 8. The molecule has 1 aliphatic heterocycles. The number of carbonyl (C=O) groups is 3. The van der Waals surface area contributed by atoms with E-state index in [1.54, 1.807) is 11.8 Å². The van der Waals surface area contributed by atoms with Crippen LogP contribution in [0.4, 0.5) is 23.7 Å². The molecule has 3 amide bonds. The lowest BCUT2D eigenvalue weighted by atomic mass is 9.92. The number of halogens is 3. The van der Waals surface area contributed by atoms with E-state index in [-0.39, 0.29) is 48.3 Å². The number of carbonyl (C=O) groups excluding carboxylic acids is 3. The van der Waals surface area contributed by atoms with Gasteiger partial charge in [-0.2, -0.15) is 13.2 Å². The third kappa shape index (κ3) is 7.36. The fraction of sp³-hybridized carbons (Fsp3) is 0.500. The Labute approximate surface area is 242 Å². The summed E-state index contributed by atoms with van der Waals surface area (Å²) >= 11 is 1.03. The zero-order valence-electron chi connectivity index (χ0n) is 23.5. The second-order valence-corrected chi connectivity index (χ2v) is 12.1. The Morgan fingerprint density at radius 1 is 1.12 bits per heavy atom. The molecule has 41 heavy (non-hydrogen) atoms. The van der Waals surface area contributed by atoms with Crippen LogP contribution >= 0.6 is 11.8 Å². The summed E-state index contributed by atoms with van der Waals surface area (Å²) in [6.45, 7) is 5.35. The number of alkyl halides is 3. The van der Waals surface area contributed by atoms with Crippen molar-refractivity contribution < 1.29 is 32.3 Å². The van der Waals surface area contributed by atoms with Gasteiger partial charge in [-0.1, -0.05) is 49.6 Å². The van der Waals surface area contributed by atoms with Crippen LogP contribution in [0.3, 0.4) is 0 Å². The average Bonchev–Trinajstić information content (AvgIpc) is 2.94. The molecule has 1 atom stereocenters. The minimum atomic E-state index is -4.75. The van der Waals surface area contributed by atoms with Gasteiger partial charge in [-0.15, -0.1) is 11.8 Å². The summed E-state index contributed by atoms with van der Waals surface area (Å²) in [7, 11) is 0. The average molecular weight is 592 g/mol. The first kappa shape index (κ1) is 30.7. The Hall–Kier alpha value is -3.21. The molecule has 1 saturated carbocycles. The molecular weight excluding hydrogens is 555 g/mol. The van der Waals surface area contributed by atoms with Crippen LogP contribution in [0.5, 0.6) is 0 Å². The molecule has 1 unspecified atom stereocenters. The van der Waals surface area contributed by atoms with Gasteiger partial charge in [0.2, 0.25) is 5.91 Å². The molecule has 7 nitrogen and oxygen atoms in total. The van der Waals surface area contributed by atoms with E-state index in [1.165, 1.54) is 11.0 Å². The molecule has 2 aromatic rings. The van der Waals surface area contributed by atoms with Crippen molar-refractivity contribution in [1.29, 1.82) is 0 Å². The second kappa shape index (κ2) is 13.2. The molecule has 2 aromatic carbocycles. The van der Waals surface area contributed by atoms with Gasteiger partial charge in [0.1, 0.15) is 6.61 Å². The Kier molecular flexibility index (Phi) is 9.88. The molecule has 2 aliphatic rings. The Morgan fingerprint density at radius 3 is 2.44 bits per heavy atom. The predicted octanol–water partition coefficient (Wildman–Crippen LogP) is 6.64. The smallest absolute Gasteiger partial charge is 0.417 e. The number of alkyl carbamates (subject to hydrolysis) is 1. The molecule has 1 aliphatic carbocycles. The molecule has 0 bridgehead atoms. The van der Waals surface area contributed by atoms with Gasteiger partial charge in [-0.05, 0) is 51.3 Å². The second-order valence-electron chi connectivity index (χ2n) is 10.7. The van der Waals surface area contributed by atoms with Crippen molar-refractivity contribution in [3.8, 4) is 0 Å². The number of fused-ring (bicyclic) bond motifs is 1. The van der Waals surface area contributed by atoms with Crippen LogP contribution in [0.1, 0.15) is 74.4 Å². The molecule has 0 aromatic heterocycles. The zero-order valence-corrected chi connectivity index (χ0v) is 24.3. The Morgan fingerprint density at radius 2 is 1.80 bits per heavy atom. The molecule has 1 fully saturated rings. The maximum atomic E-state index is 14.3. The normalized spacial score (nSPS) is 17.8. The first-order valence-corrected chi connectivity index (χ1v) is 14.9. The summed E-state index contributed by atoms with van der Waals surface area (Å²) in [5.41, 5.74) is -0.408. The van der Waals surface area contributed by atoms with Gasteiger partial charge in [-0.3, -0.25) is 9.59 Å². The molecule has 0 radical (unpaired) electrons. The summed E-state index contributed by atoms with van der Waals surface area (Å²) in [6, 6.07) is 10.9. The molecule has 222 valence electrons. The minimum Gasteiger partial charge on any atom is -0.445 e. The van der Waals surface area contributed by atoms with E-state index in [0.717, 1.165) is 55.5 Å². The van der Waals surface area contributed by atoms with E-state index in [4.69, 9.17) is 4.74 Å². The number of amides is 3. The summed E-state index contributed by atoms with van der Waals surface area (Å²) < 4.78 is 48.2. The van der Waals surface area contributed by atoms with Gasteiger partial charge >= 0.3 is 12.3 Å². The fourth-order valence-corrected chi connectivity index (χ4v) is 6.54. The van der Waals surface area contributed by atoms with Crippen LogP contribution < -0.4 is 10.2 Å². The van der Waals surface area contributed by atoms with Crippen molar-refractivity contribution in [2.75, 3.05) is 18.0 Å². The van der Waals surface area contributed by atoms with E-state index < -0.39 is 34.6 Å². The number of ether oxygens (including phenoxy) is 1. The molecule has 1 N–H and O–H groups in total. The topological polar surface area (TPSA) is 79.0 Å². The highest BCUT2D eigenvalue weighted by atomic mass is 32.2. The lowest BCUT2D eigenvalue weighted by Crippen LogP contribution is -2.47. The van der Waals surface area contributed by atoms with E-state index in [9.17, 15) is 27.6 Å². The number of nitrogens with zero attached hydrogens (tertiary/aromatic N) is 2. The molecular formula is C30H36F3N3O4S. The van der Waals surface area contributed by atoms with Crippen molar-refractivity contribution in [3.05, 3.63) is 59.2 Å². The van der Waals surface area contributed by atoms with Gasteiger partial charge in [-0.25, -0.2) is 4.79 Å². The van der Waals surface area contributed by atoms with Crippen molar-refractivity contribution >= 4 is 35.4 Å². The summed E-state index contributed by atoms with van der Waals surface area (Å²) in [6.07, 6.45) is -1.03. The van der Waals surface area contributed by atoms with Crippen LogP contribution in [0, 0.1) is 0 Å². The van der Waals surface area contributed by atoms with Crippen LogP contribution in [-0.2, 0) is 22.3 Å². The van der Waals surface area contributed by atoms with E-state index in [0.29, 0.717) is 0 Å². The minimum absolute atomic E-state index is 0.00663. The number of hydrogen-bond acceptors (Lipinski definition) is 5. The van der Waals surface area contributed by atoms with Gasteiger partial charge in [0.15, 0.2) is 0 Å². The van der Waals surface area contributed by atoms with Crippen LogP contribution in [-0.4, -0.2) is 53.2 Å². The summed E-state index contributed by atoms with van der Waals surface area (Å²) in [5, 5.41) is 1.96. The van der Waals surface area contributed by atoms with Gasteiger partial charge < -0.3 is 19.9 Å². The first-order valence-electron chi connectivity index (χ1n) is 14.0. The van der Waals surface area contributed by atoms with E-state index in [2.05, 4.69) is 5.32 Å². The number of thioether (sulfide) groups is 1. The van der Waals surface area contributed by atoms with E-state index >= 15 is 0 Å². The molecule has 11 heteroatoms. The van der Waals surface area contributed by atoms with Crippen molar-refractivity contribution in [2.45, 2.75) is 87.9 Å². The maximum absolute atomic E-state index is 14.3. The summed E-state index contributed by atoms with van der Waals surface area (Å²) in [4.78, 5) is 42.4. The maximum Gasteiger partial charge on any atom is 0.417 e. The fourth-order valence-electron chi connectivity index (χ4n) is 5.46. The van der Waals surface area contributed by atoms with Crippen LogP contribution in [0.25, 0.3) is 0 Å². The lowest BCUT2D eigenvalue weighted by molar-refractivity contribution is -0.138. The van der Waals surface area contributed by atoms with Gasteiger partial charge in [0, 0.05) is 30.1 Å². The predicted molar refractivity (Wildman–Crippen MR) is 152 cm³/mol. The van der Waals surface area contributed by atoms with Crippen molar-refractivity contribution in [1.82, 2.24) is 10.2 Å². The highest BCUT2D eigenvalue weighted by Gasteiger charge is 2.41. The Balaban J connectivity index is 1.58. The Bertz CT molecular complexity index is 1250. The van der Waals surface area contributed by atoms with E-state index in [1.807, 2.05) is 44.2 Å². The lowest BCUT2D eigenvalue weighted by Gasteiger charge is -2.38. The number of nitrogens with one attached hydrogen (secondary N) is 1. The largest absolute Gasteiger partial charge is 0.445 e. The number of hydrogen-bond donors (Lipinski definition) is 1. The van der Waals surface area contributed by atoms with Gasteiger partial charge in [0.25, 0.3) is 5.91 Å². The highest BCUT2D eigenvalue weighted by molar-refractivity contribution is 8.01.